The third kappa shape index (κ3) is 5.30. The number of hydrogen-bond donors (Lipinski definition) is 1. The number of rotatable bonds is 7. The second kappa shape index (κ2) is 9.00. The molecule has 1 N–H and O–H groups in total. The van der Waals surface area contributed by atoms with Gasteiger partial charge in [-0.1, -0.05) is 5.16 Å². The molecule has 1 saturated heterocycles. The van der Waals surface area contributed by atoms with Crippen LogP contribution in [0.2, 0.25) is 0 Å². The molecule has 0 radical (unpaired) electrons. The molecule has 0 aliphatic carbocycles. The minimum absolute atomic E-state index is 0.136. The van der Waals surface area contributed by atoms with Crippen molar-refractivity contribution in [3.05, 3.63) is 36.7 Å². The maximum atomic E-state index is 12.5. The van der Waals surface area contributed by atoms with Crippen LogP contribution in [0.4, 0.5) is 0 Å². The van der Waals surface area contributed by atoms with Crippen molar-refractivity contribution in [2.45, 2.75) is 19.2 Å². The quantitative estimate of drug-likeness (QED) is 0.518. The van der Waals surface area contributed by atoms with Gasteiger partial charge in [0.05, 0.1) is 18.6 Å². The first kappa shape index (κ1) is 19.4. The summed E-state index contributed by atoms with van der Waals surface area (Å²) in [6.45, 7) is 6.19. The lowest BCUT2D eigenvalue weighted by molar-refractivity contribution is 0.259. The Morgan fingerprint density at radius 2 is 2.15 bits per heavy atom. The Morgan fingerprint density at radius 3 is 2.78 bits per heavy atom. The van der Waals surface area contributed by atoms with Crippen molar-refractivity contribution in [2.75, 3.05) is 39.3 Å². The van der Waals surface area contributed by atoms with E-state index >= 15 is 0 Å². The summed E-state index contributed by atoms with van der Waals surface area (Å²) in [5.74, 6) is 0.675. The molecule has 0 spiro atoms. The number of guanidine groups is 1. The molecule has 0 aromatic carbocycles. The molecule has 2 aromatic rings. The molecule has 0 amide bonds. The topological polar surface area (TPSA) is 109 Å². The fourth-order valence-corrected chi connectivity index (χ4v) is 4.31. The van der Waals surface area contributed by atoms with Crippen LogP contribution in [-0.2, 0) is 22.3 Å². The van der Waals surface area contributed by atoms with Gasteiger partial charge < -0.3 is 19.3 Å². The van der Waals surface area contributed by atoms with Crippen LogP contribution < -0.4 is 5.32 Å². The van der Waals surface area contributed by atoms with Gasteiger partial charge in [0.15, 0.2) is 5.96 Å². The Balaban J connectivity index is 1.55. The largest absolute Gasteiger partial charge is 0.364 e. The highest BCUT2D eigenvalue weighted by molar-refractivity contribution is 7.88. The van der Waals surface area contributed by atoms with Crippen molar-refractivity contribution in [1.82, 2.24) is 29.2 Å². The molecule has 0 atom stereocenters. The van der Waals surface area contributed by atoms with E-state index < -0.39 is 10.0 Å². The molecule has 1 fully saturated rings. The predicted octanol–water partition coefficient (Wildman–Crippen LogP) is -0.0158. The molecule has 1 aliphatic heterocycles. The molecule has 0 bridgehead atoms. The van der Waals surface area contributed by atoms with Crippen molar-refractivity contribution < 1.29 is 12.9 Å². The second-order valence-corrected chi connectivity index (χ2v) is 8.14. The highest BCUT2D eigenvalue weighted by atomic mass is 32.2. The zero-order chi connectivity index (χ0) is 19.1. The van der Waals surface area contributed by atoms with Crippen molar-refractivity contribution in [2.24, 2.45) is 4.99 Å². The number of nitrogens with zero attached hydrogens (tertiary/aromatic N) is 6. The van der Waals surface area contributed by atoms with Gasteiger partial charge in [-0.15, -0.1) is 0 Å². The molecule has 0 saturated carbocycles. The first-order chi connectivity index (χ1) is 13.1. The number of nitrogens with one attached hydrogen (secondary N) is 1. The van der Waals surface area contributed by atoms with E-state index in [1.165, 1.54) is 10.6 Å². The van der Waals surface area contributed by atoms with E-state index in [2.05, 4.69) is 25.3 Å². The molecule has 11 heteroatoms. The van der Waals surface area contributed by atoms with E-state index in [0.29, 0.717) is 38.4 Å². The summed E-state index contributed by atoms with van der Waals surface area (Å²) in [6, 6.07) is 1.57. The number of hydrogen-bond acceptors (Lipinski definition) is 6. The fourth-order valence-electron chi connectivity index (χ4n) is 2.88. The third-order valence-corrected chi connectivity index (χ3v) is 6.08. The molecule has 27 heavy (non-hydrogen) atoms. The summed E-state index contributed by atoms with van der Waals surface area (Å²) in [4.78, 5) is 10.8. The van der Waals surface area contributed by atoms with Gasteiger partial charge in [0.2, 0.25) is 10.0 Å². The number of piperazine rings is 1. The van der Waals surface area contributed by atoms with E-state index in [1.807, 2.05) is 17.7 Å². The summed E-state index contributed by atoms with van der Waals surface area (Å²) < 4.78 is 33.3. The first-order valence-corrected chi connectivity index (χ1v) is 10.6. The smallest absolute Gasteiger partial charge is 0.220 e. The van der Waals surface area contributed by atoms with Crippen LogP contribution in [0.1, 0.15) is 12.6 Å². The summed E-state index contributed by atoms with van der Waals surface area (Å²) >= 11 is 0. The Labute approximate surface area is 158 Å². The Kier molecular flexibility index (Phi) is 6.45. The van der Waals surface area contributed by atoms with Gasteiger partial charge >= 0.3 is 0 Å². The van der Waals surface area contributed by atoms with Gasteiger partial charge in [0, 0.05) is 57.7 Å². The zero-order valence-electron chi connectivity index (χ0n) is 15.4. The van der Waals surface area contributed by atoms with Crippen LogP contribution in [0.25, 0.3) is 0 Å². The van der Waals surface area contributed by atoms with Crippen LogP contribution >= 0.6 is 0 Å². The molecular formula is C16H25N7O3S. The lowest BCUT2D eigenvalue weighted by Crippen LogP contribution is -2.54. The van der Waals surface area contributed by atoms with Gasteiger partial charge in [-0.2, -0.15) is 4.31 Å². The molecule has 3 rings (SSSR count). The maximum Gasteiger partial charge on any atom is 0.220 e. The minimum atomic E-state index is -3.40. The lowest BCUT2D eigenvalue weighted by atomic mass is 10.4. The zero-order valence-corrected chi connectivity index (χ0v) is 16.2. The SMILES string of the molecule is CCNC(=NCCn1ccnc1)N1CCN(S(=O)(=O)Cc2ccon2)CC1. The normalized spacial score (nSPS) is 16.6. The average Bonchev–Trinajstić information content (AvgIpc) is 3.35. The number of aromatic nitrogens is 3. The summed E-state index contributed by atoms with van der Waals surface area (Å²) in [5.41, 5.74) is 0.423. The lowest BCUT2D eigenvalue weighted by Gasteiger charge is -2.35. The number of sulfonamides is 1. The van der Waals surface area contributed by atoms with Crippen LogP contribution in [0.3, 0.4) is 0 Å². The van der Waals surface area contributed by atoms with Crippen LogP contribution in [0.15, 0.2) is 40.6 Å². The standard InChI is InChI=1S/C16H25N7O3S/c1-2-18-16(19-5-7-21-6-4-17-14-21)22-8-10-23(11-9-22)27(24,25)13-15-3-12-26-20-15/h3-4,6,12,14H,2,5,7-11,13H2,1H3,(H,18,19). The first-order valence-electron chi connectivity index (χ1n) is 8.94. The number of imidazole rings is 1. The van der Waals surface area contributed by atoms with E-state index in [4.69, 9.17) is 4.52 Å². The fraction of sp³-hybridized carbons (Fsp3) is 0.562. The minimum Gasteiger partial charge on any atom is -0.364 e. The van der Waals surface area contributed by atoms with Crippen molar-refractivity contribution in [3.8, 4) is 0 Å². The second-order valence-electron chi connectivity index (χ2n) is 6.17. The summed E-state index contributed by atoms with van der Waals surface area (Å²) in [6.07, 6.45) is 6.79. The van der Waals surface area contributed by atoms with Gasteiger partial charge in [0.25, 0.3) is 0 Å². The Bertz CT molecular complexity index is 810. The summed E-state index contributed by atoms with van der Waals surface area (Å²) in [5, 5.41) is 6.97. The molecule has 10 nitrogen and oxygen atoms in total. The van der Waals surface area contributed by atoms with Gasteiger partial charge in [-0.05, 0) is 6.92 Å². The van der Waals surface area contributed by atoms with Gasteiger partial charge in [-0.3, -0.25) is 4.99 Å². The summed E-state index contributed by atoms with van der Waals surface area (Å²) in [7, 11) is -3.40. The van der Waals surface area contributed by atoms with Crippen molar-refractivity contribution in [1.29, 1.82) is 0 Å². The van der Waals surface area contributed by atoms with E-state index in [1.54, 1.807) is 18.6 Å². The molecule has 148 valence electrons. The van der Waals surface area contributed by atoms with Crippen LogP contribution in [-0.4, -0.2) is 77.6 Å². The molecular weight excluding hydrogens is 370 g/mol. The third-order valence-electron chi connectivity index (χ3n) is 4.27. The Hall–Kier alpha value is -2.40. The molecule has 3 heterocycles. The average molecular weight is 395 g/mol. The highest BCUT2D eigenvalue weighted by Crippen LogP contribution is 2.13. The molecule has 2 aromatic heterocycles. The van der Waals surface area contributed by atoms with Crippen LogP contribution in [0.5, 0.6) is 0 Å². The predicted molar refractivity (Wildman–Crippen MR) is 100 cm³/mol. The maximum absolute atomic E-state index is 12.5. The van der Waals surface area contributed by atoms with Crippen LogP contribution in [0, 0.1) is 0 Å². The number of aliphatic imine (C=N–C) groups is 1. The highest BCUT2D eigenvalue weighted by Gasteiger charge is 2.28. The monoisotopic (exact) mass is 395 g/mol. The Morgan fingerprint density at radius 1 is 1.33 bits per heavy atom. The molecule has 0 unspecified atom stereocenters. The molecule has 1 aliphatic rings. The van der Waals surface area contributed by atoms with Crippen molar-refractivity contribution >= 4 is 16.0 Å². The van der Waals surface area contributed by atoms with E-state index in [9.17, 15) is 8.42 Å². The van der Waals surface area contributed by atoms with Gasteiger partial charge in [0.1, 0.15) is 12.0 Å². The van der Waals surface area contributed by atoms with Crippen molar-refractivity contribution in [3.63, 3.8) is 0 Å². The van der Waals surface area contributed by atoms with Gasteiger partial charge in [-0.25, -0.2) is 13.4 Å². The van der Waals surface area contributed by atoms with E-state index in [0.717, 1.165) is 19.0 Å². The van der Waals surface area contributed by atoms with E-state index in [-0.39, 0.29) is 5.75 Å².